The number of aryl methyl sites for hydroxylation is 1. The number of rotatable bonds is 6. The van der Waals surface area contributed by atoms with Crippen LogP contribution >= 0.6 is 0 Å². The van der Waals surface area contributed by atoms with E-state index >= 15 is 0 Å². The highest BCUT2D eigenvalue weighted by Gasteiger charge is 2.35. The highest BCUT2D eigenvalue weighted by Crippen LogP contribution is 2.30. The van der Waals surface area contributed by atoms with Crippen molar-refractivity contribution in [1.29, 1.82) is 0 Å². The third-order valence-corrected chi connectivity index (χ3v) is 5.89. The maximum absolute atomic E-state index is 13.7. The number of pyridine rings is 2. The highest BCUT2D eigenvalue weighted by atomic mass is 16.2. The van der Waals surface area contributed by atoms with Gasteiger partial charge in [-0.25, -0.2) is 0 Å². The van der Waals surface area contributed by atoms with Gasteiger partial charge in [0.25, 0.3) is 5.91 Å². The molecule has 1 aliphatic carbocycles. The van der Waals surface area contributed by atoms with E-state index in [1.54, 1.807) is 53.8 Å². The zero-order valence-corrected chi connectivity index (χ0v) is 18.3. The summed E-state index contributed by atoms with van der Waals surface area (Å²) < 4.78 is 0. The Morgan fingerprint density at radius 1 is 0.938 bits per heavy atom. The zero-order chi connectivity index (χ0) is 22.3. The first-order chi connectivity index (χ1) is 15.6. The SMILES string of the molecule is Cc1ccc(N(C(=O)c2ccccn2)[C@H](C(=O)NC2CCCCC2)c2ccncc2)cc1. The molecule has 2 heterocycles. The molecule has 4 rings (SSSR count). The van der Waals surface area contributed by atoms with E-state index in [0.717, 1.165) is 31.2 Å². The summed E-state index contributed by atoms with van der Waals surface area (Å²) in [6.45, 7) is 1.99. The molecule has 0 saturated heterocycles. The quantitative estimate of drug-likeness (QED) is 0.622. The summed E-state index contributed by atoms with van der Waals surface area (Å²) in [5, 5.41) is 3.21. The molecule has 1 N–H and O–H groups in total. The van der Waals surface area contributed by atoms with E-state index in [2.05, 4.69) is 15.3 Å². The number of nitrogens with one attached hydrogen (secondary N) is 1. The topological polar surface area (TPSA) is 75.2 Å². The van der Waals surface area contributed by atoms with Gasteiger partial charge in [-0.15, -0.1) is 0 Å². The van der Waals surface area contributed by atoms with Crippen LogP contribution in [-0.2, 0) is 4.79 Å². The number of benzene rings is 1. The molecule has 3 aromatic rings. The van der Waals surface area contributed by atoms with Crippen LogP contribution in [0.5, 0.6) is 0 Å². The minimum absolute atomic E-state index is 0.130. The second-order valence-electron chi connectivity index (χ2n) is 8.25. The Morgan fingerprint density at radius 3 is 2.31 bits per heavy atom. The fraction of sp³-hybridized carbons (Fsp3) is 0.308. The molecule has 6 heteroatoms. The molecular weight excluding hydrogens is 400 g/mol. The van der Waals surface area contributed by atoms with E-state index in [9.17, 15) is 9.59 Å². The molecule has 1 aromatic carbocycles. The third-order valence-electron chi connectivity index (χ3n) is 5.89. The summed E-state index contributed by atoms with van der Waals surface area (Å²) in [6.07, 6.45) is 10.2. The van der Waals surface area contributed by atoms with E-state index in [1.807, 2.05) is 31.2 Å². The van der Waals surface area contributed by atoms with Gasteiger partial charge in [0.05, 0.1) is 0 Å². The minimum atomic E-state index is -0.836. The van der Waals surface area contributed by atoms with Gasteiger partial charge in [0.2, 0.25) is 5.91 Å². The number of carbonyl (C=O) groups excluding carboxylic acids is 2. The lowest BCUT2D eigenvalue weighted by molar-refractivity contribution is -0.123. The maximum atomic E-state index is 13.7. The van der Waals surface area contributed by atoms with Crippen LogP contribution in [0.15, 0.2) is 73.2 Å². The molecule has 164 valence electrons. The second-order valence-corrected chi connectivity index (χ2v) is 8.25. The lowest BCUT2D eigenvalue weighted by atomic mass is 9.94. The van der Waals surface area contributed by atoms with Crippen molar-refractivity contribution >= 4 is 17.5 Å². The Hall–Kier alpha value is -3.54. The number of amides is 2. The van der Waals surface area contributed by atoms with Gasteiger partial charge in [0.1, 0.15) is 11.7 Å². The average Bonchev–Trinajstić information content (AvgIpc) is 2.84. The number of hydrogen-bond acceptors (Lipinski definition) is 4. The van der Waals surface area contributed by atoms with Crippen LogP contribution in [0.1, 0.15) is 59.8 Å². The summed E-state index contributed by atoms with van der Waals surface area (Å²) in [5.74, 6) is -0.511. The van der Waals surface area contributed by atoms with Crippen molar-refractivity contribution in [1.82, 2.24) is 15.3 Å². The van der Waals surface area contributed by atoms with Crippen molar-refractivity contribution in [3.8, 4) is 0 Å². The van der Waals surface area contributed by atoms with Crippen LogP contribution in [-0.4, -0.2) is 27.8 Å². The molecule has 0 spiro atoms. The van der Waals surface area contributed by atoms with Crippen LogP contribution in [0.25, 0.3) is 0 Å². The van der Waals surface area contributed by atoms with E-state index in [0.29, 0.717) is 11.3 Å². The van der Waals surface area contributed by atoms with E-state index in [-0.39, 0.29) is 23.6 Å². The summed E-state index contributed by atoms with van der Waals surface area (Å²) in [4.78, 5) is 37.3. The standard InChI is InChI=1S/C26H28N4O2/c1-19-10-12-22(13-11-19)30(26(32)23-9-5-6-16-28-23)24(20-14-17-27-18-15-20)25(31)29-21-7-3-2-4-8-21/h5-6,9-18,21,24H,2-4,7-8H2,1H3,(H,29,31)/t24-/m0/s1. The largest absolute Gasteiger partial charge is 0.351 e. The molecule has 0 bridgehead atoms. The summed E-state index contributed by atoms with van der Waals surface area (Å²) in [6, 6.07) is 15.7. The lowest BCUT2D eigenvalue weighted by Crippen LogP contribution is -2.47. The molecule has 6 nitrogen and oxygen atoms in total. The molecule has 1 saturated carbocycles. The summed E-state index contributed by atoms with van der Waals surface area (Å²) >= 11 is 0. The van der Waals surface area contributed by atoms with Crippen molar-refractivity contribution in [2.24, 2.45) is 0 Å². The van der Waals surface area contributed by atoms with E-state index < -0.39 is 6.04 Å². The Morgan fingerprint density at radius 2 is 1.66 bits per heavy atom. The minimum Gasteiger partial charge on any atom is -0.351 e. The zero-order valence-electron chi connectivity index (χ0n) is 18.3. The summed E-state index contributed by atoms with van der Waals surface area (Å²) in [7, 11) is 0. The number of anilines is 1. The molecule has 0 radical (unpaired) electrons. The smallest absolute Gasteiger partial charge is 0.277 e. The first-order valence-corrected chi connectivity index (χ1v) is 11.1. The normalized spacial score (nSPS) is 15.0. The van der Waals surface area contributed by atoms with Crippen molar-refractivity contribution in [2.45, 2.75) is 51.1 Å². The van der Waals surface area contributed by atoms with Crippen LogP contribution < -0.4 is 10.2 Å². The van der Waals surface area contributed by atoms with Crippen molar-refractivity contribution in [2.75, 3.05) is 4.90 Å². The predicted molar refractivity (Wildman–Crippen MR) is 124 cm³/mol. The van der Waals surface area contributed by atoms with Crippen LogP contribution in [0.4, 0.5) is 5.69 Å². The number of hydrogen-bond donors (Lipinski definition) is 1. The molecule has 2 amide bonds. The number of nitrogens with zero attached hydrogens (tertiary/aromatic N) is 3. The molecule has 32 heavy (non-hydrogen) atoms. The Labute approximate surface area is 188 Å². The second kappa shape index (κ2) is 10.2. The van der Waals surface area contributed by atoms with Gasteiger partial charge in [-0.05, 0) is 61.7 Å². The number of carbonyl (C=O) groups is 2. The first-order valence-electron chi connectivity index (χ1n) is 11.1. The fourth-order valence-electron chi connectivity index (χ4n) is 4.19. The maximum Gasteiger partial charge on any atom is 0.277 e. The first kappa shape index (κ1) is 21.7. The van der Waals surface area contributed by atoms with Crippen molar-refractivity contribution in [3.63, 3.8) is 0 Å². The Bertz CT molecular complexity index is 1030. The van der Waals surface area contributed by atoms with Crippen LogP contribution in [0.2, 0.25) is 0 Å². The van der Waals surface area contributed by atoms with Gasteiger partial charge >= 0.3 is 0 Å². The van der Waals surface area contributed by atoms with Crippen molar-refractivity contribution < 1.29 is 9.59 Å². The molecular formula is C26H28N4O2. The van der Waals surface area contributed by atoms with Crippen LogP contribution in [0, 0.1) is 6.92 Å². The Kier molecular flexibility index (Phi) is 6.90. The average molecular weight is 429 g/mol. The van der Waals surface area contributed by atoms with Gasteiger partial charge in [0.15, 0.2) is 0 Å². The van der Waals surface area contributed by atoms with E-state index in [1.165, 1.54) is 6.42 Å². The monoisotopic (exact) mass is 428 g/mol. The molecule has 1 fully saturated rings. The van der Waals surface area contributed by atoms with Crippen molar-refractivity contribution in [3.05, 3.63) is 90.0 Å². The predicted octanol–water partition coefficient (Wildman–Crippen LogP) is 4.62. The molecule has 1 atom stereocenters. The Balaban J connectivity index is 1.77. The fourth-order valence-corrected chi connectivity index (χ4v) is 4.19. The number of aromatic nitrogens is 2. The summed E-state index contributed by atoms with van der Waals surface area (Å²) in [5.41, 5.74) is 2.72. The van der Waals surface area contributed by atoms with E-state index in [4.69, 9.17) is 0 Å². The van der Waals surface area contributed by atoms with Crippen LogP contribution in [0.3, 0.4) is 0 Å². The van der Waals surface area contributed by atoms with Gasteiger partial charge in [0, 0.05) is 30.3 Å². The molecule has 0 aliphatic heterocycles. The lowest BCUT2D eigenvalue weighted by Gasteiger charge is -2.33. The van der Waals surface area contributed by atoms with Gasteiger partial charge < -0.3 is 5.32 Å². The van der Waals surface area contributed by atoms with Gasteiger partial charge in [-0.1, -0.05) is 43.0 Å². The third kappa shape index (κ3) is 5.02. The highest BCUT2D eigenvalue weighted by molar-refractivity contribution is 6.09. The van der Waals surface area contributed by atoms with Gasteiger partial charge in [-0.2, -0.15) is 0 Å². The molecule has 1 aliphatic rings. The molecule has 2 aromatic heterocycles. The van der Waals surface area contributed by atoms with Gasteiger partial charge in [-0.3, -0.25) is 24.5 Å². The molecule has 0 unspecified atom stereocenters.